The Morgan fingerprint density at radius 2 is 1.90 bits per heavy atom. The number of hydrogen-bond donors (Lipinski definition) is 2. The SMILES string of the molecule is CNSC1(CN2CCn3c(ccc(C(=O)NCc4ccc(C#N)cc4)c3=O)C2=O)CC1. The van der Waals surface area contributed by atoms with Gasteiger partial charge in [-0.1, -0.05) is 24.1 Å². The van der Waals surface area contributed by atoms with E-state index in [1.165, 1.54) is 10.6 Å². The molecule has 9 heteroatoms. The second-order valence-electron chi connectivity index (χ2n) is 7.80. The van der Waals surface area contributed by atoms with Crippen LogP contribution in [0.4, 0.5) is 0 Å². The van der Waals surface area contributed by atoms with E-state index in [0.29, 0.717) is 30.9 Å². The van der Waals surface area contributed by atoms with E-state index in [4.69, 9.17) is 5.26 Å². The van der Waals surface area contributed by atoms with Crippen molar-refractivity contribution < 1.29 is 9.59 Å². The van der Waals surface area contributed by atoms with Gasteiger partial charge in [0.25, 0.3) is 17.4 Å². The van der Waals surface area contributed by atoms with Gasteiger partial charge in [0.15, 0.2) is 0 Å². The quantitative estimate of drug-likeness (QED) is 0.636. The predicted molar refractivity (Wildman–Crippen MR) is 118 cm³/mol. The summed E-state index contributed by atoms with van der Waals surface area (Å²) in [6.07, 6.45) is 2.13. The van der Waals surface area contributed by atoms with Crippen LogP contribution in [0.3, 0.4) is 0 Å². The van der Waals surface area contributed by atoms with Gasteiger partial charge in [0.2, 0.25) is 0 Å². The van der Waals surface area contributed by atoms with Crippen molar-refractivity contribution in [3.8, 4) is 6.07 Å². The van der Waals surface area contributed by atoms with Gasteiger partial charge in [-0.2, -0.15) is 5.26 Å². The molecule has 2 heterocycles. The van der Waals surface area contributed by atoms with E-state index in [0.717, 1.165) is 18.4 Å². The molecule has 4 rings (SSSR count). The summed E-state index contributed by atoms with van der Waals surface area (Å²) >= 11 is 1.66. The fraction of sp³-hybridized carbons (Fsp3) is 0.364. The van der Waals surface area contributed by atoms with Gasteiger partial charge in [0.05, 0.1) is 11.6 Å². The van der Waals surface area contributed by atoms with Crippen LogP contribution >= 0.6 is 11.9 Å². The lowest BCUT2D eigenvalue weighted by molar-refractivity contribution is 0.0696. The minimum absolute atomic E-state index is 0.0167. The summed E-state index contributed by atoms with van der Waals surface area (Å²) < 4.78 is 4.59. The normalized spacial score (nSPS) is 16.4. The van der Waals surface area contributed by atoms with Gasteiger partial charge in [-0.05, 0) is 49.7 Å². The first-order valence-electron chi connectivity index (χ1n) is 10.1. The molecule has 2 aliphatic rings. The molecule has 2 amide bonds. The Morgan fingerprint density at radius 3 is 2.55 bits per heavy atom. The van der Waals surface area contributed by atoms with Crippen LogP contribution in [0.25, 0.3) is 0 Å². The topological polar surface area (TPSA) is 107 Å². The standard InChI is InChI=1S/C22H23N5O3S/c1-24-31-22(8-9-22)14-26-10-11-27-18(21(26)30)7-6-17(20(27)29)19(28)25-13-16-4-2-15(12-23)3-5-16/h2-7,24H,8-11,13-14H2,1H3,(H,25,28). The Labute approximate surface area is 184 Å². The molecule has 160 valence electrons. The molecule has 8 nitrogen and oxygen atoms in total. The molecule has 0 radical (unpaired) electrons. The molecule has 0 bridgehead atoms. The Balaban J connectivity index is 1.46. The third-order valence-corrected chi connectivity index (χ3v) is 6.83. The van der Waals surface area contributed by atoms with E-state index in [2.05, 4.69) is 10.0 Å². The van der Waals surface area contributed by atoms with E-state index < -0.39 is 11.5 Å². The van der Waals surface area contributed by atoms with Gasteiger partial charge < -0.3 is 14.8 Å². The number of fused-ring (bicyclic) bond motifs is 1. The molecule has 2 N–H and O–H groups in total. The Kier molecular flexibility index (Phi) is 5.85. The fourth-order valence-corrected chi connectivity index (χ4v) is 4.73. The van der Waals surface area contributed by atoms with Crippen molar-refractivity contribution in [2.75, 3.05) is 20.1 Å². The average Bonchev–Trinajstić information content (AvgIpc) is 3.54. The third-order valence-electron chi connectivity index (χ3n) is 5.66. The van der Waals surface area contributed by atoms with Crippen LogP contribution in [0.2, 0.25) is 0 Å². The molecule has 1 aliphatic heterocycles. The molecule has 31 heavy (non-hydrogen) atoms. The molecular formula is C22H23N5O3S. The largest absolute Gasteiger partial charge is 0.348 e. The third kappa shape index (κ3) is 4.36. The lowest BCUT2D eigenvalue weighted by atomic mass is 10.1. The Hall–Kier alpha value is -3.09. The predicted octanol–water partition coefficient (Wildman–Crippen LogP) is 1.51. The first-order valence-corrected chi connectivity index (χ1v) is 10.9. The average molecular weight is 438 g/mol. The molecule has 1 fully saturated rings. The van der Waals surface area contributed by atoms with Gasteiger partial charge in [-0.15, -0.1) is 0 Å². The zero-order valence-corrected chi connectivity index (χ0v) is 18.0. The Bertz CT molecular complexity index is 1120. The molecule has 0 atom stereocenters. The van der Waals surface area contributed by atoms with E-state index in [9.17, 15) is 14.4 Å². The van der Waals surface area contributed by atoms with E-state index in [1.807, 2.05) is 13.1 Å². The molecule has 0 saturated heterocycles. The highest BCUT2D eigenvalue weighted by molar-refractivity contribution is 7.99. The number of hydrogen-bond acceptors (Lipinski definition) is 6. The van der Waals surface area contributed by atoms with Gasteiger partial charge in [-0.3, -0.25) is 19.1 Å². The maximum absolute atomic E-state index is 12.9. The number of nitrogens with zero attached hydrogens (tertiary/aromatic N) is 3. The van der Waals surface area contributed by atoms with Crippen molar-refractivity contribution >= 4 is 23.8 Å². The van der Waals surface area contributed by atoms with Gasteiger partial charge in [0.1, 0.15) is 11.3 Å². The van der Waals surface area contributed by atoms with Crippen LogP contribution in [0, 0.1) is 11.3 Å². The minimum Gasteiger partial charge on any atom is -0.348 e. The van der Waals surface area contributed by atoms with Gasteiger partial charge >= 0.3 is 0 Å². The molecule has 1 aromatic heterocycles. The highest BCUT2D eigenvalue weighted by Crippen LogP contribution is 2.47. The van der Waals surface area contributed by atoms with Gasteiger partial charge in [-0.25, -0.2) is 0 Å². The smallest absolute Gasteiger partial charge is 0.270 e. The summed E-state index contributed by atoms with van der Waals surface area (Å²) in [6, 6.07) is 11.9. The number of rotatable bonds is 7. The summed E-state index contributed by atoms with van der Waals surface area (Å²) in [5.74, 6) is -0.655. The second-order valence-corrected chi connectivity index (χ2v) is 9.27. The van der Waals surface area contributed by atoms with E-state index in [1.54, 1.807) is 47.2 Å². The van der Waals surface area contributed by atoms with Crippen molar-refractivity contribution in [2.24, 2.45) is 0 Å². The number of benzene rings is 1. The van der Waals surface area contributed by atoms with E-state index in [-0.39, 0.29) is 22.8 Å². The number of pyridine rings is 1. The van der Waals surface area contributed by atoms with Crippen LogP contribution in [-0.4, -0.2) is 46.2 Å². The van der Waals surface area contributed by atoms with Crippen molar-refractivity contribution in [2.45, 2.75) is 30.7 Å². The molecule has 1 aliphatic carbocycles. The maximum Gasteiger partial charge on any atom is 0.270 e. The van der Waals surface area contributed by atoms with E-state index >= 15 is 0 Å². The van der Waals surface area contributed by atoms with Crippen LogP contribution < -0.4 is 15.6 Å². The highest BCUT2D eigenvalue weighted by atomic mass is 32.2. The van der Waals surface area contributed by atoms with Gasteiger partial charge in [0, 0.05) is 30.9 Å². The molecule has 0 unspecified atom stereocenters. The van der Waals surface area contributed by atoms with Crippen LogP contribution in [0.15, 0.2) is 41.2 Å². The monoisotopic (exact) mass is 437 g/mol. The second kappa shape index (κ2) is 8.57. The highest BCUT2D eigenvalue weighted by Gasteiger charge is 2.46. The molecule has 0 spiro atoms. The van der Waals surface area contributed by atoms with Crippen molar-refractivity contribution in [3.63, 3.8) is 0 Å². The number of amides is 2. The zero-order valence-electron chi connectivity index (χ0n) is 17.2. The van der Waals surface area contributed by atoms with Crippen LogP contribution in [0.5, 0.6) is 0 Å². The Morgan fingerprint density at radius 1 is 1.16 bits per heavy atom. The lowest BCUT2D eigenvalue weighted by Crippen LogP contribution is -2.48. The summed E-state index contributed by atoms with van der Waals surface area (Å²) in [7, 11) is 1.88. The zero-order chi connectivity index (χ0) is 22.0. The summed E-state index contributed by atoms with van der Waals surface area (Å²) in [5, 5.41) is 11.6. The lowest BCUT2D eigenvalue weighted by Gasteiger charge is -2.32. The summed E-state index contributed by atoms with van der Waals surface area (Å²) in [6.45, 7) is 1.72. The maximum atomic E-state index is 12.9. The first kappa shape index (κ1) is 21.2. The van der Waals surface area contributed by atoms with Crippen molar-refractivity contribution in [1.82, 2.24) is 19.5 Å². The molecular weight excluding hydrogens is 414 g/mol. The summed E-state index contributed by atoms with van der Waals surface area (Å²) in [5.41, 5.74) is 1.25. The number of carbonyl (C=O) groups is 2. The minimum atomic E-state index is -0.484. The number of nitriles is 1. The fourth-order valence-electron chi connectivity index (χ4n) is 3.77. The molecule has 1 aromatic carbocycles. The number of aromatic nitrogens is 1. The summed E-state index contributed by atoms with van der Waals surface area (Å²) in [4.78, 5) is 40.2. The molecule has 1 saturated carbocycles. The van der Waals surface area contributed by atoms with Crippen LogP contribution in [0.1, 0.15) is 44.8 Å². The first-order chi connectivity index (χ1) is 15.0. The van der Waals surface area contributed by atoms with Crippen molar-refractivity contribution in [1.29, 1.82) is 5.26 Å². The van der Waals surface area contributed by atoms with Crippen LogP contribution in [-0.2, 0) is 13.1 Å². The number of carbonyl (C=O) groups excluding carboxylic acids is 2. The molecule has 2 aromatic rings. The number of nitrogens with one attached hydrogen (secondary N) is 2. The van der Waals surface area contributed by atoms with Crippen molar-refractivity contribution in [3.05, 3.63) is 69.1 Å².